The van der Waals surface area contributed by atoms with Crippen LogP contribution in [-0.2, 0) is 4.79 Å². The second-order valence-electron chi connectivity index (χ2n) is 2.05. The predicted octanol–water partition coefficient (Wildman–Crippen LogP) is 2.06. The first-order valence-corrected chi connectivity index (χ1v) is 4.05. The Morgan fingerprint density at radius 2 is 2.00 bits per heavy atom. The Morgan fingerprint density at radius 1 is 1.36 bits per heavy atom. The minimum Gasteiger partial charge on any atom is -0.378 e. The Bertz CT molecular complexity index is 232. The lowest BCUT2D eigenvalue weighted by Gasteiger charge is -2.00. The molecule has 1 rings (SSSR count). The summed E-state index contributed by atoms with van der Waals surface area (Å²) in [6.45, 7) is 0.363. The standard InChI is InChI=1S/C8H8BrNO/c9-7-1-3-8(4-2-7)10-5-6-11/h1-4,6,10H,5H2. The van der Waals surface area contributed by atoms with Crippen LogP contribution < -0.4 is 5.32 Å². The molecule has 0 bridgehead atoms. The first kappa shape index (κ1) is 8.27. The molecule has 0 aromatic heterocycles. The zero-order chi connectivity index (χ0) is 8.10. The summed E-state index contributed by atoms with van der Waals surface area (Å²) in [7, 11) is 0. The van der Waals surface area contributed by atoms with Crippen molar-refractivity contribution in [3.05, 3.63) is 28.7 Å². The second kappa shape index (κ2) is 4.13. The molecule has 0 saturated heterocycles. The lowest BCUT2D eigenvalue weighted by Crippen LogP contribution is -2.01. The van der Waals surface area contributed by atoms with Gasteiger partial charge in [-0.2, -0.15) is 0 Å². The van der Waals surface area contributed by atoms with Gasteiger partial charge < -0.3 is 10.1 Å². The van der Waals surface area contributed by atoms with Gasteiger partial charge >= 0.3 is 0 Å². The summed E-state index contributed by atoms with van der Waals surface area (Å²) in [6, 6.07) is 7.67. The van der Waals surface area contributed by atoms with E-state index in [9.17, 15) is 4.79 Å². The van der Waals surface area contributed by atoms with Crippen LogP contribution in [-0.4, -0.2) is 12.8 Å². The molecule has 0 radical (unpaired) electrons. The molecular formula is C8H8BrNO. The molecule has 0 aliphatic heterocycles. The van der Waals surface area contributed by atoms with Crippen molar-refractivity contribution in [1.82, 2.24) is 0 Å². The highest BCUT2D eigenvalue weighted by atomic mass is 79.9. The van der Waals surface area contributed by atoms with Crippen molar-refractivity contribution in [3.63, 3.8) is 0 Å². The van der Waals surface area contributed by atoms with Crippen LogP contribution in [0.15, 0.2) is 28.7 Å². The van der Waals surface area contributed by atoms with Crippen LogP contribution in [0.1, 0.15) is 0 Å². The molecule has 0 aliphatic rings. The van der Waals surface area contributed by atoms with Gasteiger partial charge in [0.15, 0.2) is 0 Å². The van der Waals surface area contributed by atoms with Crippen LogP contribution in [0.25, 0.3) is 0 Å². The van der Waals surface area contributed by atoms with E-state index >= 15 is 0 Å². The van der Waals surface area contributed by atoms with Crippen molar-refractivity contribution >= 4 is 27.9 Å². The lowest BCUT2D eigenvalue weighted by atomic mass is 10.3. The van der Waals surface area contributed by atoms with Gasteiger partial charge in [0.05, 0.1) is 6.54 Å². The summed E-state index contributed by atoms with van der Waals surface area (Å²) in [5.41, 5.74) is 0.959. The number of aldehydes is 1. The van der Waals surface area contributed by atoms with E-state index in [4.69, 9.17) is 0 Å². The van der Waals surface area contributed by atoms with Gasteiger partial charge in [0.2, 0.25) is 0 Å². The number of anilines is 1. The molecule has 1 aromatic carbocycles. The van der Waals surface area contributed by atoms with Crippen LogP contribution in [0.5, 0.6) is 0 Å². The number of rotatable bonds is 3. The van der Waals surface area contributed by atoms with Crippen molar-refractivity contribution in [1.29, 1.82) is 0 Å². The van der Waals surface area contributed by atoms with Gasteiger partial charge in [0.1, 0.15) is 6.29 Å². The summed E-state index contributed by atoms with van der Waals surface area (Å²) in [6.07, 6.45) is 0.835. The monoisotopic (exact) mass is 213 g/mol. The van der Waals surface area contributed by atoms with Crippen molar-refractivity contribution in [2.45, 2.75) is 0 Å². The van der Waals surface area contributed by atoms with E-state index in [0.717, 1.165) is 16.4 Å². The molecule has 0 heterocycles. The minimum absolute atomic E-state index is 0.363. The Kier molecular flexibility index (Phi) is 3.11. The van der Waals surface area contributed by atoms with E-state index < -0.39 is 0 Å². The Hall–Kier alpha value is -0.830. The third-order valence-corrected chi connectivity index (χ3v) is 1.76. The molecule has 2 nitrogen and oxygen atoms in total. The molecule has 0 atom stereocenters. The van der Waals surface area contributed by atoms with Crippen molar-refractivity contribution < 1.29 is 4.79 Å². The van der Waals surface area contributed by atoms with Crippen LogP contribution in [0.2, 0.25) is 0 Å². The third kappa shape index (κ3) is 2.72. The number of carbonyl (C=O) groups excluding carboxylic acids is 1. The fourth-order valence-corrected chi connectivity index (χ4v) is 0.992. The Labute approximate surface area is 73.7 Å². The molecule has 1 aromatic rings. The van der Waals surface area contributed by atoms with Gasteiger partial charge in [-0.25, -0.2) is 0 Å². The molecule has 0 aliphatic carbocycles. The van der Waals surface area contributed by atoms with Gasteiger partial charge in [-0.15, -0.1) is 0 Å². The fraction of sp³-hybridized carbons (Fsp3) is 0.125. The van der Waals surface area contributed by atoms with Crippen LogP contribution in [0, 0.1) is 0 Å². The predicted molar refractivity (Wildman–Crippen MR) is 48.7 cm³/mol. The highest BCUT2D eigenvalue weighted by Gasteiger charge is 1.88. The van der Waals surface area contributed by atoms with Gasteiger partial charge in [-0.3, -0.25) is 0 Å². The van der Waals surface area contributed by atoms with E-state index in [0.29, 0.717) is 6.54 Å². The van der Waals surface area contributed by atoms with Crippen molar-refractivity contribution in [2.24, 2.45) is 0 Å². The van der Waals surface area contributed by atoms with Gasteiger partial charge in [0.25, 0.3) is 0 Å². The maximum absolute atomic E-state index is 9.97. The smallest absolute Gasteiger partial charge is 0.139 e. The molecule has 11 heavy (non-hydrogen) atoms. The van der Waals surface area contributed by atoms with Crippen molar-refractivity contribution in [3.8, 4) is 0 Å². The maximum atomic E-state index is 9.97. The summed E-state index contributed by atoms with van der Waals surface area (Å²) in [5.74, 6) is 0. The van der Waals surface area contributed by atoms with Crippen molar-refractivity contribution in [2.75, 3.05) is 11.9 Å². The average Bonchev–Trinajstić information content (AvgIpc) is 2.04. The Morgan fingerprint density at radius 3 is 2.55 bits per heavy atom. The maximum Gasteiger partial charge on any atom is 0.139 e. The van der Waals surface area contributed by atoms with Gasteiger partial charge in [-0.05, 0) is 24.3 Å². The molecule has 3 heteroatoms. The summed E-state index contributed by atoms with van der Waals surface area (Å²) >= 11 is 3.32. The normalized spacial score (nSPS) is 9.18. The SMILES string of the molecule is O=CCNc1ccc(Br)cc1. The number of halogens is 1. The molecule has 0 spiro atoms. The minimum atomic E-state index is 0.363. The number of nitrogens with one attached hydrogen (secondary N) is 1. The molecule has 58 valence electrons. The summed E-state index contributed by atoms with van der Waals surface area (Å²) in [4.78, 5) is 9.97. The fourth-order valence-electron chi connectivity index (χ4n) is 0.727. The topological polar surface area (TPSA) is 29.1 Å². The van der Waals surface area contributed by atoms with Gasteiger partial charge in [0, 0.05) is 10.2 Å². The van der Waals surface area contributed by atoms with E-state index in [1.54, 1.807) is 0 Å². The van der Waals surface area contributed by atoms with Crippen LogP contribution in [0.4, 0.5) is 5.69 Å². The van der Waals surface area contributed by atoms with E-state index in [-0.39, 0.29) is 0 Å². The van der Waals surface area contributed by atoms with E-state index in [1.807, 2.05) is 24.3 Å². The largest absolute Gasteiger partial charge is 0.378 e. The second-order valence-corrected chi connectivity index (χ2v) is 2.97. The first-order chi connectivity index (χ1) is 5.33. The number of carbonyl (C=O) groups is 1. The van der Waals surface area contributed by atoms with E-state index in [1.165, 1.54) is 0 Å². The van der Waals surface area contributed by atoms with Crippen LogP contribution in [0.3, 0.4) is 0 Å². The van der Waals surface area contributed by atoms with Gasteiger partial charge in [-0.1, -0.05) is 15.9 Å². The number of benzene rings is 1. The number of hydrogen-bond acceptors (Lipinski definition) is 2. The van der Waals surface area contributed by atoms with Crippen LogP contribution >= 0.6 is 15.9 Å². The lowest BCUT2D eigenvalue weighted by molar-refractivity contribution is -0.106. The molecule has 0 amide bonds. The molecule has 0 unspecified atom stereocenters. The molecule has 0 saturated carbocycles. The summed E-state index contributed by atoms with van der Waals surface area (Å²) < 4.78 is 1.04. The zero-order valence-electron chi connectivity index (χ0n) is 5.88. The summed E-state index contributed by atoms with van der Waals surface area (Å²) in [5, 5.41) is 2.93. The average molecular weight is 214 g/mol. The quantitative estimate of drug-likeness (QED) is 0.780. The molecule has 0 fully saturated rings. The third-order valence-electron chi connectivity index (χ3n) is 1.23. The Balaban J connectivity index is 2.58. The molecule has 1 N–H and O–H groups in total. The highest BCUT2D eigenvalue weighted by Crippen LogP contribution is 2.13. The zero-order valence-corrected chi connectivity index (χ0v) is 7.47. The first-order valence-electron chi connectivity index (χ1n) is 3.26. The molecular weight excluding hydrogens is 206 g/mol. The van der Waals surface area contributed by atoms with E-state index in [2.05, 4.69) is 21.2 Å². The highest BCUT2D eigenvalue weighted by molar-refractivity contribution is 9.10. The number of hydrogen-bond donors (Lipinski definition) is 1.